The molecule has 9 heteroatoms. The van der Waals surface area contributed by atoms with Crippen LogP contribution in [0.1, 0.15) is 15.9 Å². The summed E-state index contributed by atoms with van der Waals surface area (Å²) in [7, 11) is 0. The average Bonchev–Trinajstić information content (AvgIpc) is 2.80. The van der Waals surface area contributed by atoms with Crippen LogP contribution in [0, 0.1) is 0 Å². The highest BCUT2D eigenvalue weighted by molar-refractivity contribution is 8.01. The van der Waals surface area contributed by atoms with Gasteiger partial charge in [-0.05, 0) is 18.2 Å². The summed E-state index contributed by atoms with van der Waals surface area (Å²) in [5, 5.41) is 16.1. The van der Waals surface area contributed by atoms with E-state index in [0.29, 0.717) is 9.24 Å². The largest absolute Gasteiger partial charge is 0.478 e. The number of nitrogens with zero attached hydrogens (tertiary/aromatic N) is 2. The Morgan fingerprint density at radius 1 is 1.37 bits per heavy atom. The van der Waals surface area contributed by atoms with Gasteiger partial charge in [0.15, 0.2) is 4.34 Å². The molecular weight excluding hydrogens is 301 g/mol. The fraction of sp³-hybridized carbons (Fsp3) is 0.100. The molecule has 2 rings (SSSR count). The summed E-state index contributed by atoms with van der Waals surface area (Å²) >= 11 is 2.27. The number of carbonyl (C=O) groups is 1. The highest BCUT2D eigenvalue weighted by Crippen LogP contribution is 2.36. The third kappa shape index (κ3) is 3.24. The molecule has 0 amide bonds. The number of carboxylic acids is 1. The monoisotopic (exact) mass is 306 g/mol. The van der Waals surface area contributed by atoms with Crippen LogP contribution in [0.25, 0.3) is 0 Å². The molecule has 0 atom stereocenters. The van der Waals surface area contributed by atoms with Crippen LogP contribution in [-0.2, 0) is 6.18 Å². The lowest BCUT2D eigenvalue weighted by Crippen LogP contribution is -2.12. The molecule has 19 heavy (non-hydrogen) atoms. The third-order valence-electron chi connectivity index (χ3n) is 2.07. The number of hydrogen-bond donors (Lipinski definition) is 1. The van der Waals surface area contributed by atoms with Gasteiger partial charge in [-0.2, -0.15) is 13.2 Å². The van der Waals surface area contributed by atoms with E-state index in [0.717, 1.165) is 23.9 Å². The van der Waals surface area contributed by atoms with Crippen molar-refractivity contribution >= 4 is 29.1 Å². The maximum Gasteiger partial charge on any atom is 0.417 e. The van der Waals surface area contributed by atoms with Crippen LogP contribution < -0.4 is 0 Å². The van der Waals surface area contributed by atoms with E-state index in [4.69, 9.17) is 5.11 Å². The second-order valence-corrected chi connectivity index (χ2v) is 5.47. The predicted molar refractivity (Wildman–Crippen MR) is 62.4 cm³/mol. The number of rotatable bonds is 3. The first-order valence-corrected chi connectivity index (χ1v) is 6.46. The van der Waals surface area contributed by atoms with Gasteiger partial charge in [0.1, 0.15) is 5.51 Å². The number of hydrogen-bond acceptors (Lipinski definition) is 5. The molecule has 100 valence electrons. The Hall–Kier alpha value is -1.61. The summed E-state index contributed by atoms with van der Waals surface area (Å²) in [5.41, 5.74) is -0.464. The molecule has 0 radical (unpaired) electrons. The topological polar surface area (TPSA) is 63.1 Å². The Kier molecular flexibility index (Phi) is 3.76. The quantitative estimate of drug-likeness (QED) is 0.941. The lowest BCUT2D eigenvalue weighted by molar-refractivity contribution is -0.138. The van der Waals surface area contributed by atoms with Crippen molar-refractivity contribution in [3.63, 3.8) is 0 Å². The van der Waals surface area contributed by atoms with Crippen molar-refractivity contribution in [1.29, 1.82) is 0 Å². The lowest BCUT2D eigenvalue weighted by atomic mass is 10.1. The van der Waals surface area contributed by atoms with E-state index in [1.54, 1.807) is 0 Å². The number of aromatic nitrogens is 2. The number of carboxylic acid groups (broad SMARTS) is 1. The van der Waals surface area contributed by atoms with E-state index in [1.807, 2.05) is 0 Å². The maximum absolute atomic E-state index is 12.6. The van der Waals surface area contributed by atoms with Gasteiger partial charge < -0.3 is 5.11 Å². The van der Waals surface area contributed by atoms with Crippen LogP contribution in [0.5, 0.6) is 0 Å². The molecule has 0 saturated heterocycles. The summed E-state index contributed by atoms with van der Waals surface area (Å²) in [6, 6.07) is 2.95. The fourth-order valence-corrected chi connectivity index (χ4v) is 2.81. The van der Waals surface area contributed by atoms with E-state index in [-0.39, 0.29) is 0 Å². The normalized spacial score (nSPS) is 11.5. The maximum atomic E-state index is 12.6. The first-order chi connectivity index (χ1) is 8.88. The molecule has 0 bridgehead atoms. The molecule has 0 aliphatic carbocycles. The standard InChI is InChI=1S/C10H5F3N2O2S2/c11-10(12,13)7-2-1-5(3-6(7)8(16)17)19-9-15-14-4-18-9/h1-4H,(H,16,17). The van der Waals surface area contributed by atoms with Crippen LogP contribution in [-0.4, -0.2) is 21.3 Å². The van der Waals surface area contributed by atoms with Crippen LogP contribution in [0.4, 0.5) is 13.2 Å². The van der Waals surface area contributed by atoms with Gasteiger partial charge in [-0.3, -0.25) is 0 Å². The van der Waals surface area contributed by atoms with Crippen LogP contribution in [0.3, 0.4) is 0 Å². The SMILES string of the molecule is O=C(O)c1cc(Sc2nncs2)ccc1C(F)(F)F. The zero-order chi connectivity index (χ0) is 14.0. The molecule has 0 saturated carbocycles. The second-order valence-electron chi connectivity index (χ2n) is 3.32. The van der Waals surface area contributed by atoms with Gasteiger partial charge in [0.05, 0.1) is 11.1 Å². The van der Waals surface area contributed by atoms with E-state index < -0.39 is 23.3 Å². The van der Waals surface area contributed by atoms with Crippen molar-refractivity contribution in [1.82, 2.24) is 10.2 Å². The van der Waals surface area contributed by atoms with Crippen molar-refractivity contribution in [3.8, 4) is 0 Å². The van der Waals surface area contributed by atoms with E-state index in [9.17, 15) is 18.0 Å². The first kappa shape index (κ1) is 13.8. The molecule has 4 nitrogen and oxygen atoms in total. The Balaban J connectivity index is 2.39. The molecule has 0 aliphatic rings. The Labute approximate surface area is 113 Å². The summed E-state index contributed by atoms with van der Waals surface area (Å²) < 4.78 is 38.4. The molecule has 1 aromatic heterocycles. The smallest absolute Gasteiger partial charge is 0.417 e. The fourth-order valence-electron chi connectivity index (χ4n) is 1.32. The summed E-state index contributed by atoms with van der Waals surface area (Å²) in [5.74, 6) is -1.62. The molecule has 0 spiro atoms. The van der Waals surface area contributed by atoms with Gasteiger partial charge in [-0.15, -0.1) is 10.2 Å². The van der Waals surface area contributed by atoms with Crippen molar-refractivity contribution in [2.45, 2.75) is 15.4 Å². The van der Waals surface area contributed by atoms with Crippen LogP contribution in [0.2, 0.25) is 0 Å². The Morgan fingerprint density at radius 3 is 2.63 bits per heavy atom. The third-order valence-corrected chi connectivity index (χ3v) is 3.84. The lowest BCUT2D eigenvalue weighted by Gasteiger charge is -2.10. The summed E-state index contributed by atoms with van der Waals surface area (Å²) in [6.07, 6.45) is -4.69. The minimum Gasteiger partial charge on any atom is -0.478 e. The zero-order valence-corrected chi connectivity index (χ0v) is 10.6. The molecule has 0 aliphatic heterocycles. The van der Waals surface area contributed by atoms with Crippen molar-refractivity contribution < 1.29 is 23.1 Å². The van der Waals surface area contributed by atoms with E-state index >= 15 is 0 Å². The van der Waals surface area contributed by atoms with E-state index in [1.165, 1.54) is 22.9 Å². The van der Waals surface area contributed by atoms with Crippen molar-refractivity contribution in [2.75, 3.05) is 0 Å². The number of aromatic carboxylic acids is 1. The average molecular weight is 306 g/mol. The number of benzene rings is 1. The van der Waals surface area contributed by atoms with Gasteiger partial charge in [0, 0.05) is 4.90 Å². The van der Waals surface area contributed by atoms with E-state index in [2.05, 4.69) is 10.2 Å². The molecule has 1 heterocycles. The van der Waals surface area contributed by atoms with Crippen molar-refractivity contribution in [2.24, 2.45) is 0 Å². The van der Waals surface area contributed by atoms with Crippen molar-refractivity contribution in [3.05, 3.63) is 34.8 Å². The van der Waals surface area contributed by atoms with Crippen LogP contribution in [0.15, 0.2) is 32.9 Å². The minimum atomic E-state index is -4.69. The molecular formula is C10H5F3N2O2S2. The van der Waals surface area contributed by atoms with Gasteiger partial charge in [0.2, 0.25) is 0 Å². The van der Waals surface area contributed by atoms with Gasteiger partial charge in [-0.1, -0.05) is 23.1 Å². The molecule has 2 aromatic rings. The highest BCUT2D eigenvalue weighted by atomic mass is 32.2. The predicted octanol–water partition coefficient (Wildman–Crippen LogP) is 3.41. The molecule has 0 unspecified atom stereocenters. The Morgan fingerprint density at radius 2 is 2.11 bits per heavy atom. The summed E-state index contributed by atoms with van der Waals surface area (Å²) in [4.78, 5) is 11.3. The van der Waals surface area contributed by atoms with Crippen LogP contribution >= 0.6 is 23.1 Å². The summed E-state index contributed by atoms with van der Waals surface area (Å²) in [6.45, 7) is 0. The Bertz CT molecular complexity index is 599. The van der Waals surface area contributed by atoms with Gasteiger partial charge in [-0.25, -0.2) is 4.79 Å². The zero-order valence-electron chi connectivity index (χ0n) is 9.01. The first-order valence-electron chi connectivity index (χ1n) is 4.76. The molecule has 1 N–H and O–H groups in total. The van der Waals surface area contributed by atoms with Gasteiger partial charge >= 0.3 is 12.1 Å². The molecule has 0 fully saturated rings. The molecule has 1 aromatic carbocycles. The second kappa shape index (κ2) is 5.17. The number of halogens is 3. The number of alkyl halides is 3. The minimum absolute atomic E-state index is 0.363. The highest BCUT2D eigenvalue weighted by Gasteiger charge is 2.35. The van der Waals surface area contributed by atoms with Gasteiger partial charge in [0.25, 0.3) is 0 Å².